The molecule has 1 aliphatic rings. The van der Waals surface area contributed by atoms with Crippen molar-refractivity contribution >= 4 is 5.97 Å². The summed E-state index contributed by atoms with van der Waals surface area (Å²) >= 11 is 0. The van der Waals surface area contributed by atoms with Gasteiger partial charge in [-0.1, -0.05) is 26.7 Å². The molecular weight excluding hydrogens is 166 g/mol. The summed E-state index contributed by atoms with van der Waals surface area (Å²) in [5.74, 6) is 0.174. The highest BCUT2D eigenvalue weighted by Gasteiger charge is 2.38. The SMILES string of the molecule is CC(C)COC(=O)C1(N)CCCC1. The highest BCUT2D eigenvalue weighted by molar-refractivity contribution is 5.80. The maximum absolute atomic E-state index is 11.5. The van der Waals surface area contributed by atoms with E-state index in [0.29, 0.717) is 12.5 Å². The fourth-order valence-electron chi connectivity index (χ4n) is 1.60. The molecule has 3 heteroatoms. The summed E-state index contributed by atoms with van der Waals surface area (Å²) in [5, 5.41) is 0. The van der Waals surface area contributed by atoms with Crippen LogP contribution in [0.1, 0.15) is 39.5 Å². The van der Waals surface area contributed by atoms with Crippen molar-refractivity contribution in [3.63, 3.8) is 0 Å². The van der Waals surface area contributed by atoms with Crippen LogP contribution in [0.5, 0.6) is 0 Å². The van der Waals surface area contributed by atoms with Crippen LogP contribution in [0.4, 0.5) is 0 Å². The first-order valence-corrected chi connectivity index (χ1v) is 5.01. The first-order chi connectivity index (χ1) is 6.04. The van der Waals surface area contributed by atoms with Crippen LogP contribution in [0.2, 0.25) is 0 Å². The smallest absolute Gasteiger partial charge is 0.326 e. The second-order valence-corrected chi connectivity index (χ2v) is 4.36. The summed E-state index contributed by atoms with van der Waals surface area (Å²) in [6, 6.07) is 0. The van der Waals surface area contributed by atoms with Crippen LogP contribution in [-0.4, -0.2) is 18.1 Å². The number of hydrogen-bond donors (Lipinski definition) is 1. The Hall–Kier alpha value is -0.570. The lowest BCUT2D eigenvalue weighted by molar-refractivity contribution is -0.151. The second kappa shape index (κ2) is 4.09. The van der Waals surface area contributed by atoms with Gasteiger partial charge in [-0.05, 0) is 18.8 Å². The lowest BCUT2D eigenvalue weighted by atomic mass is 10.00. The number of ether oxygens (including phenoxy) is 1. The number of carbonyl (C=O) groups is 1. The van der Waals surface area contributed by atoms with Gasteiger partial charge in [0.25, 0.3) is 0 Å². The molecular formula is C10H19NO2. The lowest BCUT2D eigenvalue weighted by Gasteiger charge is -2.21. The van der Waals surface area contributed by atoms with E-state index in [4.69, 9.17) is 10.5 Å². The number of nitrogens with two attached hydrogens (primary N) is 1. The Balaban J connectivity index is 2.38. The van der Waals surface area contributed by atoms with E-state index < -0.39 is 5.54 Å². The molecule has 1 saturated carbocycles. The Morgan fingerprint density at radius 3 is 2.46 bits per heavy atom. The van der Waals surface area contributed by atoms with Gasteiger partial charge in [0, 0.05) is 0 Å². The molecule has 0 radical (unpaired) electrons. The van der Waals surface area contributed by atoms with Crippen molar-refractivity contribution in [1.82, 2.24) is 0 Å². The minimum absolute atomic E-state index is 0.210. The van der Waals surface area contributed by atoms with Crippen LogP contribution in [0, 0.1) is 5.92 Å². The molecule has 0 spiro atoms. The molecule has 0 aliphatic heterocycles. The van der Waals surface area contributed by atoms with E-state index in [-0.39, 0.29) is 5.97 Å². The maximum atomic E-state index is 11.5. The molecule has 0 aromatic carbocycles. The van der Waals surface area contributed by atoms with E-state index in [9.17, 15) is 4.79 Å². The minimum atomic E-state index is -0.672. The van der Waals surface area contributed by atoms with E-state index in [1.54, 1.807) is 0 Å². The Labute approximate surface area is 79.6 Å². The van der Waals surface area contributed by atoms with Crippen molar-refractivity contribution in [3.05, 3.63) is 0 Å². The standard InChI is InChI=1S/C10H19NO2/c1-8(2)7-13-9(12)10(11)5-3-4-6-10/h8H,3-7,11H2,1-2H3. The Kier molecular flexibility index (Phi) is 3.31. The maximum Gasteiger partial charge on any atom is 0.326 e. The fraction of sp³-hybridized carbons (Fsp3) is 0.900. The first kappa shape index (κ1) is 10.5. The Morgan fingerprint density at radius 2 is 2.00 bits per heavy atom. The Bertz CT molecular complexity index is 183. The largest absolute Gasteiger partial charge is 0.464 e. The molecule has 0 amide bonds. The van der Waals surface area contributed by atoms with E-state index in [1.165, 1.54) is 0 Å². The molecule has 0 unspecified atom stereocenters. The van der Waals surface area contributed by atoms with Crippen molar-refractivity contribution in [2.75, 3.05) is 6.61 Å². The van der Waals surface area contributed by atoms with Gasteiger partial charge in [0.15, 0.2) is 0 Å². The van der Waals surface area contributed by atoms with Gasteiger partial charge >= 0.3 is 5.97 Å². The zero-order chi connectivity index (χ0) is 9.90. The van der Waals surface area contributed by atoms with Gasteiger partial charge in [0.1, 0.15) is 5.54 Å². The third kappa shape index (κ3) is 2.69. The summed E-state index contributed by atoms with van der Waals surface area (Å²) in [4.78, 5) is 11.5. The number of rotatable bonds is 3. The zero-order valence-electron chi connectivity index (χ0n) is 8.51. The van der Waals surface area contributed by atoms with E-state index in [2.05, 4.69) is 0 Å². The molecule has 13 heavy (non-hydrogen) atoms. The van der Waals surface area contributed by atoms with E-state index >= 15 is 0 Å². The van der Waals surface area contributed by atoms with Crippen molar-refractivity contribution in [3.8, 4) is 0 Å². The molecule has 1 aliphatic carbocycles. The lowest BCUT2D eigenvalue weighted by Crippen LogP contribution is -2.46. The zero-order valence-corrected chi connectivity index (χ0v) is 8.51. The number of esters is 1. The predicted molar refractivity (Wildman–Crippen MR) is 51.2 cm³/mol. The summed E-state index contributed by atoms with van der Waals surface area (Å²) in [5.41, 5.74) is 5.24. The van der Waals surface area contributed by atoms with Gasteiger partial charge in [0.2, 0.25) is 0 Å². The summed E-state index contributed by atoms with van der Waals surface area (Å²) in [6.45, 7) is 4.52. The first-order valence-electron chi connectivity index (χ1n) is 5.01. The molecule has 3 nitrogen and oxygen atoms in total. The average molecular weight is 185 g/mol. The van der Waals surface area contributed by atoms with Gasteiger partial charge in [-0.25, -0.2) is 0 Å². The molecule has 2 N–H and O–H groups in total. The van der Waals surface area contributed by atoms with Crippen LogP contribution >= 0.6 is 0 Å². The number of carbonyl (C=O) groups excluding carboxylic acids is 1. The quantitative estimate of drug-likeness (QED) is 0.677. The van der Waals surface area contributed by atoms with Crippen LogP contribution in [0.3, 0.4) is 0 Å². The fourth-order valence-corrected chi connectivity index (χ4v) is 1.60. The molecule has 0 bridgehead atoms. The molecule has 0 aromatic heterocycles. The van der Waals surface area contributed by atoms with Crippen LogP contribution in [0.15, 0.2) is 0 Å². The molecule has 0 atom stereocenters. The third-order valence-corrected chi connectivity index (χ3v) is 2.45. The van der Waals surface area contributed by atoms with Crippen LogP contribution in [-0.2, 0) is 9.53 Å². The summed E-state index contributed by atoms with van der Waals surface area (Å²) < 4.78 is 5.13. The van der Waals surface area contributed by atoms with Crippen LogP contribution in [0.25, 0.3) is 0 Å². The van der Waals surface area contributed by atoms with Crippen molar-refractivity contribution in [2.45, 2.75) is 45.1 Å². The third-order valence-electron chi connectivity index (χ3n) is 2.45. The average Bonchev–Trinajstić information content (AvgIpc) is 2.49. The highest BCUT2D eigenvalue weighted by Crippen LogP contribution is 2.28. The molecule has 0 aromatic rings. The normalized spacial score (nSPS) is 20.6. The number of hydrogen-bond acceptors (Lipinski definition) is 3. The molecule has 0 heterocycles. The Morgan fingerprint density at radius 1 is 1.46 bits per heavy atom. The van der Waals surface area contributed by atoms with E-state index in [0.717, 1.165) is 25.7 Å². The van der Waals surface area contributed by atoms with Crippen LogP contribution < -0.4 is 5.73 Å². The van der Waals surface area contributed by atoms with Gasteiger partial charge in [-0.15, -0.1) is 0 Å². The molecule has 0 saturated heterocycles. The van der Waals surface area contributed by atoms with Crippen molar-refractivity contribution in [1.29, 1.82) is 0 Å². The highest BCUT2D eigenvalue weighted by atomic mass is 16.5. The summed E-state index contributed by atoms with van der Waals surface area (Å²) in [7, 11) is 0. The molecule has 76 valence electrons. The monoisotopic (exact) mass is 185 g/mol. The predicted octanol–water partition coefficient (Wildman–Crippen LogP) is 1.46. The van der Waals surface area contributed by atoms with Crippen molar-refractivity contribution in [2.24, 2.45) is 11.7 Å². The molecule has 1 fully saturated rings. The topological polar surface area (TPSA) is 52.3 Å². The minimum Gasteiger partial charge on any atom is -0.464 e. The van der Waals surface area contributed by atoms with Gasteiger partial charge in [-0.3, -0.25) is 4.79 Å². The van der Waals surface area contributed by atoms with Crippen molar-refractivity contribution < 1.29 is 9.53 Å². The second-order valence-electron chi connectivity index (χ2n) is 4.36. The summed E-state index contributed by atoms with van der Waals surface area (Å²) in [6.07, 6.45) is 3.66. The molecule has 1 rings (SSSR count). The van der Waals surface area contributed by atoms with E-state index in [1.807, 2.05) is 13.8 Å². The van der Waals surface area contributed by atoms with Gasteiger partial charge in [-0.2, -0.15) is 0 Å². The van der Waals surface area contributed by atoms with Gasteiger partial charge < -0.3 is 10.5 Å². The van der Waals surface area contributed by atoms with Gasteiger partial charge in [0.05, 0.1) is 6.61 Å².